The molecule has 2 unspecified atom stereocenters. The number of carbonyl (C=O) groups is 1. The van der Waals surface area contributed by atoms with Crippen molar-refractivity contribution in [1.29, 1.82) is 0 Å². The molecule has 0 radical (unpaired) electrons. The van der Waals surface area contributed by atoms with Crippen LogP contribution in [0.3, 0.4) is 0 Å². The van der Waals surface area contributed by atoms with Gasteiger partial charge in [-0.2, -0.15) is 0 Å². The summed E-state index contributed by atoms with van der Waals surface area (Å²) in [5.74, 6) is 0.361. The fourth-order valence-electron chi connectivity index (χ4n) is 2.76. The molecule has 23 heavy (non-hydrogen) atoms. The number of rotatable bonds is 3. The molecule has 0 spiro atoms. The highest BCUT2D eigenvalue weighted by atomic mass is 19.1. The van der Waals surface area contributed by atoms with Crippen molar-refractivity contribution in [3.63, 3.8) is 0 Å². The summed E-state index contributed by atoms with van der Waals surface area (Å²) in [6.45, 7) is 8.97. The van der Waals surface area contributed by atoms with Gasteiger partial charge in [-0.1, -0.05) is 6.07 Å². The first-order chi connectivity index (χ1) is 10.7. The molecule has 4 nitrogen and oxygen atoms in total. The number of alkyl carbamates (subject to hydrolysis) is 1. The Hall–Kier alpha value is -1.78. The lowest BCUT2D eigenvalue weighted by Gasteiger charge is -2.22. The number of hydrogen-bond donors (Lipinski definition) is 1. The SMILES string of the molecule is Cc1ccc(OC2CCC(NC(=O)OC(C)(C)C)C2)c(C)c1F. The highest BCUT2D eigenvalue weighted by Gasteiger charge is 2.29. The number of hydrogen-bond acceptors (Lipinski definition) is 3. The van der Waals surface area contributed by atoms with E-state index in [1.807, 2.05) is 26.8 Å². The molecule has 128 valence electrons. The van der Waals surface area contributed by atoms with Crippen molar-refractivity contribution in [2.45, 2.75) is 71.6 Å². The summed E-state index contributed by atoms with van der Waals surface area (Å²) in [6, 6.07) is 3.57. The minimum absolute atomic E-state index is 0.0178. The number of amides is 1. The Kier molecular flexibility index (Phi) is 5.17. The molecule has 1 amide bonds. The Labute approximate surface area is 137 Å². The second kappa shape index (κ2) is 6.77. The van der Waals surface area contributed by atoms with Crippen LogP contribution < -0.4 is 10.1 Å². The molecule has 1 aliphatic carbocycles. The average molecular weight is 323 g/mol. The Bertz CT molecular complexity index is 580. The van der Waals surface area contributed by atoms with E-state index in [0.717, 1.165) is 12.8 Å². The van der Waals surface area contributed by atoms with Gasteiger partial charge in [-0.25, -0.2) is 9.18 Å². The van der Waals surface area contributed by atoms with E-state index in [2.05, 4.69) is 5.32 Å². The van der Waals surface area contributed by atoms with E-state index in [-0.39, 0.29) is 18.0 Å². The van der Waals surface area contributed by atoms with Gasteiger partial charge in [-0.3, -0.25) is 0 Å². The molecule has 2 atom stereocenters. The zero-order chi connectivity index (χ0) is 17.2. The molecule has 5 heteroatoms. The van der Waals surface area contributed by atoms with Crippen LogP contribution in [0.2, 0.25) is 0 Å². The lowest BCUT2D eigenvalue weighted by molar-refractivity contribution is 0.0503. The maximum atomic E-state index is 13.9. The Morgan fingerprint density at radius 2 is 1.96 bits per heavy atom. The van der Waals surface area contributed by atoms with Crippen molar-refractivity contribution < 1.29 is 18.7 Å². The highest BCUT2D eigenvalue weighted by Crippen LogP contribution is 2.29. The van der Waals surface area contributed by atoms with Gasteiger partial charge in [0.2, 0.25) is 0 Å². The molecule has 0 aromatic heterocycles. The van der Waals surface area contributed by atoms with Crippen LogP contribution in [0.5, 0.6) is 5.75 Å². The number of carbonyl (C=O) groups excluding carboxylic acids is 1. The van der Waals surface area contributed by atoms with Crippen molar-refractivity contribution >= 4 is 6.09 Å². The summed E-state index contributed by atoms with van der Waals surface area (Å²) in [6.07, 6.45) is 1.94. The Morgan fingerprint density at radius 1 is 1.26 bits per heavy atom. The first-order valence-corrected chi connectivity index (χ1v) is 8.07. The molecular weight excluding hydrogens is 297 g/mol. The largest absolute Gasteiger partial charge is 0.490 e. The van der Waals surface area contributed by atoms with Crippen LogP contribution in [0.15, 0.2) is 12.1 Å². The average Bonchev–Trinajstić information content (AvgIpc) is 2.84. The van der Waals surface area contributed by atoms with E-state index in [1.165, 1.54) is 0 Å². The van der Waals surface area contributed by atoms with E-state index in [9.17, 15) is 9.18 Å². The molecule has 0 aliphatic heterocycles. The van der Waals surface area contributed by atoms with Crippen molar-refractivity contribution in [2.24, 2.45) is 0 Å². The maximum absolute atomic E-state index is 13.9. The first kappa shape index (κ1) is 17.6. The van der Waals surface area contributed by atoms with Crippen molar-refractivity contribution in [2.75, 3.05) is 0 Å². The molecule has 0 bridgehead atoms. The highest BCUT2D eigenvalue weighted by molar-refractivity contribution is 5.68. The van der Waals surface area contributed by atoms with Crippen LogP contribution in [0, 0.1) is 19.7 Å². The summed E-state index contributed by atoms with van der Waals surface area (Å²) in [5, 5.41) is 2.87. The van der Waals surface area contributed by atoms with Gasteiger partial charge in [0, 0.05) is 18.0 Å². The third-order valence-corrected chi connectivity index (χ3v) is 3.93. The van der Waals surface area contributed by atoms with E-state index in [4.69, 9.17) is 9.47 Å². The first-order valence-electron chi connectivity index (χ1n) is 8.07. The lowest BCUT2D eigenvalue weighted by Crippen LogP contribution is -2.38. The lowest BCUT2D eigenvalue weighted by atomic mass is 10.1. The molecular formula is C18H26FNO3. The zero-order valence-corrected chi connectivity index (χ0v) is 14.5. The monoisotopic (exact) mass is 323 g/mol. The molecule has 0 saturated heterocycles. The van der Waals surface area contributed by atoms with Crippen LogP contribution in [0.25, 0.3) is 0 Å². The number of benzene rings is 1. The third-order valence-electron chi connectivity index (χ3n) is 3.93. The molecule has 1 aromatic carbocycles. The Balaban J connectivity index is 1.89. The van der Waals surface area contributed by atoms with Crippen molar-refractivity contribution in [3.05, 3.63) is 29.1 Å². The molecule has 1 N–H and O–H groups in total. The summed E-state index contributed by atoms with van der Waals surface area (Å²) in [7, 11) is 0. The van der Waals surface area contributed by atoms with E-state index in [0.29, 0.717) is 23.3 Å². The van der Waals surface area contributed by atoms with Crippen LogP contribution >= 0.6 is 0 Å². The van der Waals surface area contributed by atoms with E-state index >= 15 is 0 Å². The van der Waals surface area contributed by atoms with Gasteiger partial charge >= 0.3 is 6.09 Å². The van der Waals surface area contributed by atoms with E-state index in [1.54, 1.807) is 19.9 Å². The van der Waals surface area contributed by atoms with Crippen molar-refractivity contribution in [3.8, 4) is 5.75 Å². The summed E-state index contributed by atoms with van der Waals surface area (Å²) in [4.78, 5) is 11.8. The predicted molar refractivity (Wildman–Crippen MR) is 87.3 cm³/mol. The van der Waals surface area contributed by atoms with Gasteiger partial charge in [0.25, 0.3) is 0 Å². The van der Waals surface area contributed by atoms with Crippen molar-refractivity contribution in [1.82, 2.24) is 5.32 Å². The quantitative estimate of drug-likeness (QED) is 0.904. The number of halogens is 1. The van der Waals surface area contributed by atoms with Gasteiger partial charge in [0.05, 0.1) is 0 Å². The molecule has 1 aromatic rings. The van der Waals surface area contributed by atoms with Crippen LogP contribution in [0.1, 0.15) is 51.2 Å². The summed E-state index contributed by atoms with van der Waals surface area (Å²) < 4.78 is 25.1. The van der Waals surface area contributed by atoms with Gasteiger partial charge in [-0.15, -0.1) is 0 Å². The van der Waals surface area contributed by atoms with Crippen LogP contribution in [0.4, 0.5) is 9.18 Å². The Morgan fingerprint density at radius 3 is 2.61 bits per heavy atom. The zero-order valence-electron chi connectivity index (χ0n) is 14.5. The number of nitrogens with one attached hydrogen (secondary N) is 1. The van der Waals surface area contributed by atoms with Gasteiger partial charge in [0.1, 0.15) is 23.3 Å². The fourth-order valence-corrected chi connectivity index (χ4v) is 2.76. The molecule has 1 fully saturated rings. The molecule has 1 saturated carbocycles. The number of ether oxygens (including phenoxy) is 2. The summed E-state index contributed by atoms with van der Waals surface area (Å²) in [5.41, 5.74) is 0.647. The number of aryl methyl sites for hydroxylation is 1. The van der Waals surface area contributed by atoms with Gasteiger partial charge in [0.15, 0.2) is 0 Å². The second-order valence-corrected chi connectivity index (χ2v) is 7.22. The minimum Gasteiger partial charge on any atom is -0.490 e. The third kappa shape index (κ3) is 4.85. The van der Waals surface area contributed by atoms with Crippen LogP contribution in [-0.4, -0.2) is 23.8 Å². The second-order valence-electron chi connectivity index (χ2n) is 7.22. The molecule has 1 aliphatic rings. The predicted octanol–water partition coefficient (Wildman–Crippen LogP) is 4.27. The maximum Gasteiger partial charge on any atom is 0.407 e. The van der Waals surface area contributed by atoms with Crippen LogP contribution in [-0.2, 0) is 4.74 Å². The molecule has 2 rings (SSSR count). The summed E-state index contributed by atoms with van der Waals surface area (Å²) >= 11 is 0. The van der Waals surface area contributed by atoms with E-state index < -0.39 is 11.7 Å². The standard InChI is InChI=1S/C18H26FNO3/c1-11-6-9-15(12(2)16(11)19)22-14-8-7-13(10-14)20-17(21)23-18(3,4)5/h6,9,13-14H,7-8,10H2,1-5H3,(H,20,21). The fraction of sp³-hybridized carbons (Fsp3) is 0.611. The van der Waals surface area contributed by atoms with Gasteiger partial charge < -0.3 is 14.8 Å². The van der Waals surface area contributed by atoms with Gasteiger partial charge in [-0.05, 0) is 59.1 Å². The molecule has 0 heterocycles. The topological polar surface area (TPSA) is 47.6 Å². The smallest absolute Gasteiger partial charge is 0.407 e. The normalized spacial score (nSPS) is 21.1. The minimum atomic E-state index is -0.505.